The van der Waals surface area contributed by atoms with Crippen molar-refractivity contribution >= 4 is 0 Å². The number of rotatable bonds is 3. The van der Waals surface area contributed by atoms with Crippen molar-refractivity contribution < 1.29 is 0 Å². The lowest BCUT2D eigenvalue weighted by Crippen LogP contribution is -2.08. The Hall–Kier alpha value is -2.09. The van der Waals surface area contributed by atoms with Crippen molar-refractivity contribution in [2.45, 2.75) is 20.0 Å². The Labute approximate surface area is 87.6 Å². The van der Waals surface area contributed by atoms with E-state index in [1.54, 1.807) is 23.2 Å². The van der Waals surface area contributed by atoms with E-state index < -0.39 is 0 Å². The van der Waals surface area contributed by atoms with Gasteiger partial charge in [0.05, 0.1) is 6.54 Å². The maximum Gasteiger partial charge on any atom is 0.213 e. The van der Waals surface area contributed by atoms with Crippen LogP contribution >= 0.6 is 0 Å². The van der Waals surface area contributed by atoms with Gasteiger partial charge in [-0.1, -0.05) is 0 Å². The fourth-order valence-electron chi connectivity index (χ4n) is 1.48. The second-order valence-electron chi connectivity index (χ2n) is 3.12. The normalized spacial score (nSPS) is 10.1. The highest BCUT2D eigenvalue weighted by Gasteiger charge is 2.05. The molecule has 0 aromatic carbocycles. The van der Waals surface area contributed by atoms with Crippen LogP contribution in [0.4, 0.5) is 0 Å². The van der Waals surface area contributed by atoms with E-state index in [2.05, 4.69) is 16.9 Å². The maximum absolute atomic E-state index is 8.80. The first kappa shape index (κ1) is 9.46. The minimum Gasteiger partial charge on any atom is -0.334 e. The molecule has 2 heterocycles. The van der Waals surface area contributed by atoms with Gasteiger partial charge in [-0.3, -0.25) is 0 Å². The Morgan fingerprint density at radius 2 is 2.00 bits per heavy atom. The molecule has 0 spiro atoms. The molecule has 0 aliphatic rings. The van der Waals surface area contributed by atoms with Crippen molar-refractivity contribution in [3.8, 4) is 6.07 Å². The number of imidazole rings is 2. The fourth-order valence-corrected chi connectivity index (χ4v) is 1.48. The number of hydrogen-bond acceptors (Lipinski definition) is 3. The molecule has 15 heavy (non-hydrogen) atoms. The minimum absolute atomic E-state index is 0.417. The molecule has 0 saturated heterocycles. The van der Waals surface area contributed by atoms with Crippen LogP contribution in [-0.2, 0) is 13.1 Å². The predicted molar refractivity (Wildman–Crippen MR) is 53.9 cm³/mol. The number of aromatic nitrogens is 4. The molecule has 0 bridgehead atoms. The van der Waals surface area contributed by atoms with Gasteiger partial charge >= 0.3 is 0 Å². The van der Waals surface area contributed by atoms with E-state index >= 15 is 0 Å². The van der Waals surface area contributed by atoms with Gasteiger partial charge < -0.3 is 9.13 Å². The first-order valence-electron chi connectivity index (χ1n) is 4.76. The van der Waals surface area contributed by atoms with Crippen molar-refractivity contribution in [3.63, 3.8) is 0 Å². The van der Waals surface area contributed by atoms with Crippen molar-refractivity contribution in [2.75, 3.05) is 0 Å². The van der Waals surface area contributed by atoms with Crippen LogP contribution in [0.15, 0.2) is 24.8 Å². The summed E-state index contributed by atoms with van der Waals surface area (Å²) in [6.07, 6.45) is 7.10. The minimum atomic E-state index is 0.417. The molecule has 0 unspecified atom stereocenters. The quantitative estimate of drug-likeness (QED) is 0.744. The molecule has 0 radical (unpaired) electrons. The summed E-state index contributed by atoms with van der Waals surface area (Å²) < 4.78 is 3.83. The standard InChI is InChI=1S/C10H11N5/c1-2-14-5-3-13-10(14)8-15-6-4-12-9(15)7-11/h3-6H,2,8H2,1H3. The van der Waals surface area contributed by atoms with Gasteiger partial charge in [0, 0.05) is 31.3 Å². The molecule has 2 aromatic rings. The lowest BCUT2D eigenvalue weighted by molar-refractivity contribution is 0.647. The summed E-state index contributed by atoms with van der Waals surface area (Å²) >= 11 is 0. The van der Waals surface area contributed by atoms with E-state index in [0.29, 0.717) is 12.4 Å². The molecule has 0 aliphatic carbocycles. The molecule has 0 saturated carbocycles. The first-order chi connectivity index (χ1) is 7.35. The van der Waals surface area contributed by atoms with Crippen molar-refractivity contribution in [1.82, 2.24) is 19.1 Å². The highest BCUT2D eigenvalue weighted by Crippen LogP contribution is 2.03. The Balaban J connectivity index is 2.26. The second kappa shape index (κ2) is 3.96. The Morgan fingerprint density at radius 3 is 2.73 bits per heavy atom. The molecule has 76 valence electrons. The van der Waals surface area contributed by atoms with Crippen LogP contribution in [0.5, 0.6) is 0 Å². The zero-order chi connectivity index (χ0) is 10.7. The monoisotopic (exact) mass is 201 g/mol. The van der Waals surface area contributed by atoms with E-state index in [1.807, 2.05) is 16.8 Å². The molecular weight excluding hydrogens is 190 g/mol. The number of aryl methyl sites for hydroxylation is 1. The summed E-state index contributed by atoms with van der Waals surface area (Å²) in [6.45, 7) is 3.53. The van der Waals surface area contributed by atoms with E-state index in [-0.39, 0.29) is 0 Å². The number of nitriles is 1. The predicted octanol–water partition coefficient (Wildman–Crippen LogP) is 1.02. The molecule has 0 fully saturated rings. The Kier molecular flexibility index (Phi) is 2.50. The van der Waals surface area contributed by atoms with Gasteiger partial charge in [-0.15, -0.1) is 0 Å². The summed E-state index contributed by atoms with van der Waals surface area (Å²) in [4.78, 5) is 8.18. The molecule has 0 aliphatic heterocycles. The van der Waals surface area contributed by atoms with Gasteiger partial charge in [-0.05, 0) is 6.92 Å². The van der Waals surface area contributed by atoms with Crippen LogP contribution in [0.25, 0.3) is 0 Å². The molecule has 2 rings (SSSR count). The molecule has 5 heteroatoms. The third-order valence-electron chi connectivity index (χ3n) is 2.27. The Bertz CT molecular complexity index is 488. The highest BCUT2D eigenvalue weighted by molar-refractivity contribution is 5.12. The van der Waals surface area contributed by atoms with E-state index in [4.69, 9.17) is 5.26 Å². The molecule has 5 nitrogen and oxygen atoms in total. The van der Waals surface area contributed by atoms with Crippen LogP contribution in [0.2, 0.25) is 0 Å². The summed E-state index contributed by atoms with van der Waals surface area (Å²) in [5.74, 6) is 1.35. The Morgan fingerprint density at radius 1 is 1.27 bits per heavy atom. The average Bonchev–Trinajstić information content (AvgIpc) is 2.87. The van der Waals surface area contributed by atoms with Gasteiger partial charge in [0.2, 0.25) is 5.82 Å². The van der Waals surface area contributed by atoms with Crippen LogP contribution < -0.4 is 0 Å². The topological polar surface area (TPSA) is 59.4 Å². The summed E-state index contributed by atoms with van der Waals surface area (Å²) in [5, 5.41) is 8.80. The van der Waals surface area contributed by atoms with Gasteiger partial charge in [0.1, 0.15) is 11.9 Å². The summed E-state index contributed by atoms with van der Waals surface area (Å²) in [5.41, 5.74) is 0. The van der Waals surface area contributed by atoms with Crippen molar-refractivity contribution in [3.05, 3.63) is 36.4 Å². The number of nitrogens with zero attached hydrogens (tertiary/aromatic N) is 5. The highest BCUT2D eigenvalue weighted by atomic mass is 15.1. The first-order valence-corrected chi connectivity index (χ1v) is 4.76. The van der Waals surface area contributed by atoms with E-state index in [0.717, 1.165) is 12.4 Å². The second-order valence-corrected chi connectivity index (χ2v) is 3.12. The largest absolute Gasteiger partial charge is 0.334 e. The average molecular weight is 201 g/mol. The van der Waals surface area contributed by atoms with E-state index in [9.17, 15) is 0 Å². The van der Waals surface area contributed by atoms with Crippen molar-refractivity contribution in [2.24, 2.45) is 0 Å². The third kappa shape index (κ3) is 1.74. The lowest BCUT2D eigenvalue weighted by atomic mass is 10.5. The van der Waals surface area contributed by atoms with Crippen molar-refractivity contribution in [1.29, 1.82) is 5.26 Å². The molecular formula is C10H11N5. The van der Waals surface area contributed by atoms with Crippen LogP contribution in [0, 0.1) is 11.3 Å². The SMILES string of the molecule is CCn1ccnc1Cn1ccnc1C#N. The van der Waals surface area contributed by atoms with Gasteiger partial charge in [0.25, 0.3) is 0 Å². The van der Waals surface area contributed by atoms with Gasteiger partial charge in [-0.25, -0.2) is 9.97 Å². The third-order valence-corrected chi connectivity index (χ3v) is 2.27. The van der Waals surface area contributed by atoms with Crippen LogP contribution in [0.3, 0.4) is 0 Å². The zero-order valence-electron chi connectivity index (χ0n) is 8.46. The molecule has 0 N–H and O–H groups in total. The van der Waals surface area contributed by atoms with Crippen LogP contribution in [-0.4, -0.2) is 19.1 Å². The van der Waals surface area contributed by atoms with Crippen LogP contribution in [0.1, 0.15) is 18.6 Å². The lowest BCUT2D eigenvalue weighted by Gasteiger charge is -2.05. The maximum atomic E-state index is 8.80. The molecule has 0 amide bonds. The van der Waals surface area contributed by atoms with E-state index in [1.165, 1.54) is 0 Å². The number of hydrogen-bond donors (Lipinski definition) is 0. The smallest absolute Gasteiger partial charge is 0.213 e. The summed E-state index contributed by atoms with van der Waals surface area (Å²) in [6, 6.07) is 2.04. The summed E-state index contributed by atoms with van der Waals surface area (Å²) in [7, 11) is 0. The molecule has 2 aromatic heterocycles. The zero-order valence-corrected chi connectivity index (χ0v) is 8.46. The van der Waals surface area contributed by atoms with Gasteiger partial charge in [-0.2, -0.15) is 5.26 Å². The fraction of sp³-hybridized carbons (Fsp3) is 0.300. The molecule has 0 atom stereocenters. The van der Waals surface area contributed by atoms with Gasteiger partial charge in [0.15, 0.2) is 0 Å².